The number of likely N-dealkylation sites (tertiary alicyclic amines) is 1. The third-order valence-electron chi connectivity index (χ3n) is 6.89. The van der Waals surface area contributed by atoms with E-state index in [4.69, 9.17) is 9.47 Å². The molecule has 0 radical (unpaired) electrons. The van der Waals surface area contributed by atoms with Crippen LogP contribution in [0.5, 0.6) is 5.75 Å². The lowest BCUT2D eigenvalue weighted by molar-refractivity contribution is -0.133. The van der Waals surface area contributed by atoms with Crippen molar-refractivity contribution in [2.45, 2.75) is 62.6 Å². The Morgan fingerprint density at radius 1 is 1.15 bits per heavy atom. The average Bonchev–Trinajstić information content (AvgIpc) is 3.49. The molecule has 2 saturated heterocycles. The minimum absolute atomic E-state index is 0.0647. The number of carbonyl (C=O) groups excluding carboxylic acids is 2. The molecule has 0 saturated carbocycles. The number of carbonyl (C=O) groups is 2. The fourth-order valence-electron chi connectivity index (χ4n) is 5.08. The summed E-state index contributed by atoms with van der Waals surface area (Å²) in [5.74, 6) is 0.254. The maximum absolute atomic E-state index is 13.2. The summed E-state index contributed by atoms with van der Waals surface area (Å²) in [7, 11) is 0. The fraction of sp³-hybridized carbons (Fsp3) is 0.520. The van der Waals surface area contributed by atoms with Crippen LogP contribution in [0, 0.1) is 0 Å². The SMILES string of the molecule is O=C1N[C@H]2C[C@@H](C(=O)NC[C@H]3O[C@H](CCOc4ccccc41)CC[C@@H]3O)N(Cc1ccsc1)C2. The summed E-state index contributed by atoms with van der Waals surface area (Å²) in [4.78, 5) is 28.5. The summed E-state index contributed by atoms with van der Waals surface area (Å²) in [6.07, 6.45) is 1.41. The van der Waals surface area contributed by atoms with Gasteiger partial charge >= 0.3 is 0 Å². The van der Waals surface area contributed by atoms with Gasteiger partial charge in [0, 0.05) is 32.1 Å². The van der Waals surface area contributed by atoms with E-state index in [1.165, 1.54) is 0 Å². The average molecular weight is 486 g/mol. The van der Waals surface area contributed by atoms with Gasteiger partial charge in [0.15, 0.2) is 0 Å². The summed E-state index contributed by atoms with van der Waals surface area (Å²) in [6.45, 7) is 1.88. The Kier molecular flexibility index (Phi) is 7.15. The van der Waals surface area contributed by atoms with Crippen LogP contribution < -0.4 is 15.4 Å². The van der Waals surface area contributed by atoms with E-state index in [0.29, 0.717) is 50.3 Å². The molecule has 5 atom stereocenters. The highest BCUT2D eigenvalue weighted by Gasteiger charge is 2.39. The molecule has 8 nitrogen and oxygen atoms in total. The van der Waals surface area contributed by atoms with Crippen molar-refractivity contribution < 1.29 is 24.2 Å². The number of hydrogen-bond acceptors (Lipinski definition) is 7. The maximum Gasteiger partial charge on any atom is 0.255 e. The van der Waals surface area contributed by atoms with Crippen molar-refractivity contribution in [1.29, 1.82) is 0 Å². The lowest BCUT2D eigenvalue weighted by Crippen LogP contribution is -2.50. The lowest BCUT2D eigenvalue weighted by atomic mass is 9.99. The van der Waals surface area contributed by atoms with Crippen molar-refractivity contribution in [2.24, 2.45) is 0 Å². The molecule has 2 amide bonds. The van der Waals surface area contributed by atoms with Crippen molar-refractivity contribution in [3.63, 3.8) is 0 Å². The second kappa shape index (κ2) is 10.4. The van der Waals surface area contributed by atoms with E-state index in [9.17, 15) is 14.7 Å². The van der Waals surface area contributed by atoms with Crippen LogP contribution in [0.25, 0.3) is 0 Å². The number of ether oxygens (including phenoxy) is 2. The molecule has 3 aliphatic heterocycles. The highest BCUT2D eigenvalue weighted by molar-refractivity contribution is 7.07. The minimum Gasteiger partial charge on any atom is -0.493 e. The number of amides is 2. The Balaban J connectivity index is 1.39. The molecule has 0 spiro atoms. The van der Waals surface area contributed by atoms with E-state index in [-0.39, 0.29) is 36.5 Å². The minimum atomic E-state index is -0.602. The molecule has 0 unspecified atom stereocenters. The van der Waals surface area contributed by atoms with E-state index in [1.807, 2.05) is 17.5 Å². The van der Waals surface area contributed by atoms with Gasteiger partial charge in [0.2, 0.25) is 5.91 Å². The van der Waals surface area contributed by atoms with Gasteiger partial charge in [0.25, 0.3) is 5.91 Å². The number of aliphatic hydroxyl groups excluding tert-OH is 1. The molecule has 5 rings (SSSR count). The molecule has 182 valence electrons. The summed E-state index contributed by atoms with van der Waals surface area (Å²) in [6, 6.07) is 8.77. The monoisotopic (exact) mass is 485 g/mol. The maximum atomic E-state index is 13.2. The zero-order valence-electron chi connectivity index (χ0n) is 19.0. The lowest BCUT2D eigenvalue weighted by Gasteiger charge is -2.34. The van der Waals surface area contributed by atoms with Gasteiger partial charge in [-0.1, -0.05) is 12.1 Å². The number of hydrogen-bond donors (Lipinski definition) is 3. The zero-order chi connectivity index (χ0) is 23.5. The number of nitrogens with zero attached hydrogens (tertiary/aromatic N) is 1. The van der Waals surface area contributed by atoms with Gasteiger partial charge in [-0.05, 0) is 53.8 Å². The number of aliphatic hydroxyl groups is 1. The molecule has 4 bridgehead atoms. The van der Waals surface area contributed by atoms with Crippen molar-refractivity contribution in [1.82, 2.24) is 15.5 Å². The van der Waals surface area contributed by atoms with E-state index in [2.05, 4.69) is 27.0 Å². The number of thiophene rings is 1. The smallest absolute Gasteiger partial charge is 0.255 e. The molecule has 34 heavy (non-hydrogen) atoms. The Hall–Kier alpha value is -2.46. The molecule has 3 N–H and O–H groups in total. The standard InChI is InChI=1S/C25H31N3O5S/c29-21-6-5-18-7-9-32-22-4-2-1-3-19(22)24(30)27-17-11-20(25(31)26-12-23(21)33-18)28(14-17)13-16-8-10-34-15-16/h1-4,8,10,15,17-18,20-21,23,29H,5-7,9,11-14H2,(H,26,31)(H,27,30)/t17-,18-,20-,21-,23+/m0/s1. The van der Waals surface area contributed by atoms with Crippen molar-refractivity contribution in [2.75, 3.05) is 19.7 Å². The number of nitrogens with one attached hydrogen (secondary N) is 2. The van der Waals surface area contributed by atoms with Crippen LogP contribution in [-0.4, -0.2) is 71.9 Å². The molecular formula is C25H31N3O5S. The van der Waals surface area contributed by atoms with Crippen LogP contribution in [0.3, 0.4) is 0 Å². The molecule has 1 aromatic carbocycles. The van der Waals surface area contributed by atoms with Gasteiger partial charge in [-0.25, -0.2) is 0 Å². The molecule has 2 aromatic rings. The number of fused-ring (bicyclic) bond motifs is 5. The van der Waals surface area contributed by atoms with Crippen LogP contribution in [0.15, 0.2) is 41.1 Å². The molecule has 9 heteroatoms. The van der Waals surface area contributed by atoms with E-state index in [1.54, 1.807) is 23.5 Å². The molecule has 3 aliphatic rings. The van der Waals surface area contributed by atoms with Crippen molar-refractivity contribution >= 4 is 23.2 Å². The van der Waals surface area contributed by atoms with Gasteiger partial charge in [0.05, 0.1) is 30.4 Å². The Morgan fingerprint density at radius 2 is 2.03 bits per heavy atom. The number of para-hydroxylation sites is 1. The van der Waals surface area contributed by atoms with Gasteiger partial charge in [-0.15, -0.1) is 0 Å². The highest BCUT2D eigenvalue weighted by atomic mass is 32.1. The van der Waals surface area contributed by atoms with E-state index >= 15 is 0 Å². The molecule has 2 fully saturated rings. The molecule has 1 aromatic heterocycles. The van der Waals surface area contributed by atoms with Gasteiger partial charge in [0.1, 0.15) is 11.9 Å². The van der Waals surface area contributed by atoms with Crippen molar-refractivity contribution in [3.8, 4) is 5.75 Å². The second-order valence-corrected chi connectivity index (χ2v) is 10.1. The van der Waals surface area contributed by atoms with E-state index < -0.39 is 12.2 Å². The van der Waals surface area contributed by atoms with Crippen LogP contribution in [0.4, 0.5) is 0 Å². The first-order chi connectivity index (χ1) is 16.6. The van der Waals surface area contributed by atoms with E-state index in [0.717, 1.165) is 12.0 Å². The predicted octanol–water partition coefficient (Wildman–Crippen LogP) is 1.93. The predicted molar refractivity (Wildman–Crippen MR) is 128 cm³/mol. The topological polar surface area (TPSA) is 100 Å². The second-order valence-electron chi connectivity index (χ2n) is 9.30. The third-order valence-corrected chi connectivity index (χ3v) is 7.63. The summed E-state index contributed by atoms with van der Waals surface area (Å²) in [5.41, 5.74) is 1.64. The summed E-state index contributed by atoms with van der Waals surface area (Å²) in [5, 5.41) is 20.7. The largest absolute Gasteiger partial charge is 0.493 e. The number of rotatable bonds is 2. The van der Waals surface area contributed by atoms with Gasteiger partial charge < -0.3 is 25.2 Å². The number of benzene rings is 1. The van der Waals surface area contributed by atoms with Crippen molar-refractivity contribution in [3.05, 3.63) is 52.2 Å². The first-order valence-corrected chi connectivity index (χ1v) is 12.9. The Labute approximate surface area is 203 Å². The normalized spacial score (nSPS) is 30.7. The van der Waals surface area contributed by atoms with Crippen LogP contribution in [-0.2, 0) is 16.1 Å². The molecular weight excluding hydrogens is 454 g/mol. The summed E-state index contributed by atoms with van der Waals surface area (Å²) < 4.78 is 12.1. The van der Waals surface area contributed by atoms with Crippen LogP contribution in [0.1, 0.15) is 41.6 Å². The zero-order valence-corrected chi connectivity index (χ0v) is 19.8. The van der Waals surface area contributed by atoms with Gasteiger partial charge in [-0.2, -0.15) is 11.3 Å². The van der Waals surface area contributed by atoms with Gasteiger partial charge in [-0.3, -0.25) is 14.5 Å². The summed E-state index contributed by atoms with van der Waals surface area (Å²) >= 11 is 1.63. The Bertz CT molecular complexity index is 1000. The molecule has 4 heterocycles. The van der Waals surface area contributed by atoms with Crippen LogP contribution >= 0.6 is 11.3 Å². The van der Waals surface area contributed by atoms with Crippen LogP contribution in [0.2, 0.25) is 0 Å². The quantitative estimate of drug-likeness (QED) is 0.601. The first-order valence-electron chi connectivity index (χ1n) is 12.0. The Morgan fingerprint density at radius 3 is 2.88 bits per heavy atom. The highest BCUT2D eigenvalue weighted by Crippen LogP contribution is 2.26. The fourth-order valence-corrected chi connectivity index (χ4v) is 5.74. The molecule has 0 aliphatic carbocycles. The first kappa shape index (κ1) is 23.3. The third kappa shape index (κ3) is 5.27.